The van der Waals surface area contributed by atoms with Gasteiger partial charge in [0, 0.05) is 40.7 Å². The molecule has 0 spiro atoms. The number of rotatable bonds is 8. The molecule has 0 atom stereocenters. The van der Waals surface area contributed by atoms with Crippen molar-refractivity contribution in [3.05, 3.63) is 84.7 Å². The second-order valence-corrected chi connectivity index (χ2v) is 11.1. The average molecular weight is 518 g/mol. The number of pyridine rings is 1. The van der Waals surface area contributed by atoms with E-state index in [2.05, 4.69) is 19.8 Å². The molecule has 5 aromatic rings. The van der Waals surface area contributed by atoms with Crippen molar-refractivity contribution in [3.63, 3.8) is 0 Å². The lowest BCUT2D eigenvalue weighted by molar-refractivity contribution is 0.417. The second-order valence-electron chi connectivity index (χ2n) is 9.14. The molecule has 0 radical (unpaired) electrons. The molecule has 1 aliphatic carbocycles. The minimum Gasteiger partial charge on any atom is -0.495 e. The smallest absolute Gasteiger partial charge is 0.235 e. The van der Waals surface area contributed by atoms with Gasteiger partial charge in [0.1, 0.15) is 17.2 Å². The van der Waals surface area contributed by atoms with Crippen molar-refractivity contribution in [1.29, 1.82) is 0 Å². The SMILES string of the molecule is COc1ccc(-c2cnc3[nH]cc(-c4cnn(Cc5cccc(F)c5)c4)c3c2)cc1NS(=O)(=O)C1CC1. The van der Waals surface area contributed by atoms with E-state index in [9.17, 15) is 12.8 Å². The van der Waals surface area contributed by atoms with Crippen LogP contribution in [0.4, 0.5) is 10.1 Å². The summed E-state index contributed by atoms with van der Waals surface area (Å²) in [7, 11) is -1.93. The number of benzene rings is 2. The maximum absolute atomic E-state index is 13.6. The van der Waals surface area contributed by atoms with E-state index in [1.165, 1.54) is 19.2 Å². The van der Waals surface area contributed by atoms with Crippen LogP contribution in [0.25, 0.3) is 33.3 Å². The minimum absolute atomic E-state index is 0.276. The Morgan fingerprint density at radius 3 is 2.76 bits per heavy atom. The number of aromatic nitrogens is 4. The van der Waals surface area contributed by atoms with Gasteiger partial charge in [-0.3, -0.25) is 9.40 Å². The zero-order valence-corrected chi connectivity index (χ0v) is 20.8. The van der Waals surface area contributed by atoms with Crippen molar-refractivity contribution in [1.82, 2.24) is 19.7 Å². The molecule has 1 fully saturated rings. The van der Waals surface area contributed by atoms with Gasteiger partial charge in [-0.25, -0.2) is 17.8 Å². The van der Waals surface area contributed by atoms with Crippen molar-refractivity contribution in [3.8, 4) is 28.0 Å². The third-order valence-electron chi connectivity index (χ3n) is 6.46. The number of H-pyrrole nitrogens is 1. The van der Waals surface area contributed by atoms with Gasteiger partial charge in [0.15, 0.2) is 0 Å². The minimum atomic E-state index is -3.44. The molecule has 6 rings (SSSR count). The van der Waals surface area contributed by atoms with E-state index in [0.29, 0.717) is 30.8 Å². The van der Waals surface area contributed by atoms with Crippen molar-refractivity contribution in [2.45, 2.75) is 24.6 Å². The zero-order chi connectivity index (χ0) is 25.6. The van der Waals surface area contributed by atoms with E-state index in [1.54, 1.807) is 35.3 Å². The summed E-state index contributed by atoms with van der Waals surface area (Å²) in [5.74, 6) is 0.178. The molecule has 0 bridgehead atoms. The number of nitrogens with one attached hydrogen (secondary N) is 2. The summed E-state index contributed by atoms with van der Waals surface area (Å²) in [6, 6.07) is 13.9. The largest absolute Gasteiger partial charge is 0.495 e. The van der Waals surface area contributed by atoms with Crippen LogP contribution in [0.2, 0.25) is 0 Å². The summed E-state index contributed by atoms with van der Waals surface area (Å²) in [6.07, 6.45) is 8.66. The summed E-state index contributed by atoms with van der Waals surface area (Å²) in [4.78, 5) is 7.78. The highest BCUT2D eigenvalue weighted by molar-refractivity contribution is 7.93. The van der Waals surface area contributed by atoms with Crippen LogP contribution < -0.4 is 9.46 Å². The van der Waals surface area contributed by atoms with E-state index >= 15 is 0 Å². The molecule has 2 aromatic carbocycles. The van der Waals surface area contributed by atoms with Gasteiger partial charge in [0.25, 0.3) is 0 Å². The molecule has 1 aliphatic rings. The Bertz CT molecular complexity index is 1720. The number of hydrogen-bond donors (Lipinski definition) is 2. The summed E-state index contributed by atoms with van der Waals surface area (Å²) in [5.41, 5.74) is 5.41. The number of fused-ring (bicyclic) bond motifs is 1. The zero-order valence-electron chi connectivity index (χ0n) is 20.0. The van der Waals surface area contributed by atoms with Crippen LogP contribution in [0.15, 0.2) is 73.3 Å². The van der Waals surface area contributed by atoms with Crippen LogP contribution >= 0.6 is 0 Å². The molecule has 10 heteroatoms. The molecule has 0 amide bonds. The van der Waals surface area contributed by atoms with Gasteiger partial charge in [-0.1, -0.05) is 18.2 Å². The van der Waals surface area contributed by atoms with Gasteiger partial charge in [-0.15, -0.1) is 0 Å². The Balaban J connectivity index is 1.33. The van der Waals surface area contributed by atoms with Gasteiger partial charge >= 0.3 is 0 Å². The van der Waals surface area contributed by atoms with E-state index in [0.717, 1.165) is 38.9 Å². The molecule has 1 saturated carbocycles. The summed E-state index contributed by atoms with van der Waals surface area (Å²) in [6.45, 7) is 0.453. The molecule has 0 saturated heterocycles. The number of hydrogen-bond acceptors (Lipinski definition) is 5. The second kappa shape index (κ2) is 9.04. The van der Waals surface area contributed by atoms with E-state index in [-0.39, 0.29) is 11.1 Å². The number of nitrogens with zero attached hydrogens (tertiary/aromatic N) is 3. The Hall–Kier alpha value is -4.18. The van der Waals surface area contributed by atoms with Crippen LogP contribution in [-0.4, -0.2) is 40.5 Å². The first-order chi connectivity index (χ1) is 17.9. The predicted octanol–water partition coefficient (Wildman–Crippen LogP) is 5.19. The Kier molecular flexibility index (Phi) is 5.68. The normalized spacial score (nSPS) is 13.7. The molecule has 2 N–H and O–H groups in total. The summed E-state index contributed by atoms with van der Waals surface area (Å²) < 4.78 is 48.5. The molecular formula is C27H24FN5O3S. The highest BCUT2D eigenvalue weighted by Gasteiger charge is 2.36. The Labute approximate surface area is 213 Å². The highest BCUT2D eigenvalue weighted by atomic mass is 32.2. The molecule has 8 nitrogen and oxygen atoms in total. The lowest BCUT2D eigenvalue weighted by Crippen LogP contribution is -2.17. The molecular weight excluding hydrogens is 493 g/mol. The van der Waals surface area contributed by atoms with Crippen LogP contribution in [0.3, 0.4) is 0 Å². The van der Waals surface area contributed by atoms with Crippen LogP contribution in [-0.2, 0) is 16.6 Å². The van der Waals surface area contributed by atoms with Gasteiger partial charge in [-0.05, 0) is 54.3 Å². The van der Waals surface area contributed by atoms with Gasteiger partial charge in [0.2, 0.25) is 10.0 Å². The van der Waals surface area contributed by atoms with Gasteiger partial charge < -0.3 is 9.72 Å². The molecule has 0 aliphatic heterocycles. The van der Waals surface area contributed by atoms with Crippen LogP contribution in [0.1, 0.15) is 18.4 Å². The predicted molar refractivity (Wildman–Crippen MR) is 140 cm³/mol. The quantitative estimate of drug-likeness (QED) is 0.295. The number of halogens is 1. The average Bonchev–Trinajstić information content (AvgIpc) is 3.53. The number of aromatic amines is 1. The summed E-state index contributed by atoms with van der Waals surface area (Å²) >= 11 is 0. The van der Waals surface area contributed by atoms with Crippen molar-refractivity contribution in [2.24, 2.45) is 0 Å². The fourth-order valence-electron chi connectivity index (χ4n) is 4.39. The number of sulfonamides is 1. The lowest BCUT2D eigenvalue weighted by Gasteiger charge is -2.13. The molecule has 188 valence electrons. The number of ether oxygens (including phenoxy) is 1. The lowest BCUT2D eigenvalue weighted by atomic mass is 10.0. The van der Waals surface area contributed by atoms with Crippen LogP contribution in [0.5, 0.6) is 5.75 Å². The van der Waals surface area contributed by atoms with Crippen molar-refractivity contribution in [2.75, 3.05) is 11.8 Å². The van der Waals surface area contributed by atoms with Crippen molar-refractivity contribution >= 4 is 26.7 Å². The standard InChI is InChI=1S/C27H24FN5O3S/c1-36-26-8-5-18(11-25(26)32-37(34,35)22-6-7-22)19-10-23-24(14-30-27(23)29-12-19)20-13-31-33(16-20)15-17-3-2-4-21(28)9-17/h2-5,8-14,16,22,32H,6-7,15H2,1H3,(H,29,30). The Morgan fingerprint density at radius 2 is 1.97 bits per heavy atom. The molecule has 37 heavy (non-hydrogen) atoms. The third kappa shape index (κ3) is 4.67. The first-order valence-electron chi connectivity index (χ1n) is 11.8. The highest BCUT2D eigenvalue weighted by Crippen LogP contribution is 2.36. The van der Waals surface area contributed by atoms with Gasteiger partial charge in [-0.2, -0.15) is 5.10 Å². The van der Waals surface area contributed by atoms with Gasteiger partial charge in [0.05, 0.1) is 30.8 Å². The first-order valence-corrected chi connectivity index (χ1v) is 13.4. The monoisotopic (exact) mass is 517 g/mol. The molecule has 3 heterocycles. The maximum atomic E-state index is 13.6. The fourth-order valence-corrected chi connectivity index (χ4v) is 5.78. The van der Waals surface area contributed by atoms with E-state index < -0.39 is 10.0 Å². The maximum Gasteiger partial charge on any atom is 0.235 e. The van der Waals surface area contributed by atoms with Crippen LogP contribution in [0, 0.1) is 5.82 Å². The van der Waals surface area contributed by atoms with E-state index in [4.69, 9.17) is 4.74 Å². The number of anilines is 1. The van der Waals surface area contributed by atoms with E-state index in [1.807, 2.05) is 30.6 Å². The first kappa shape index (κ1) is 23.2. The molecule has 0 unspecified atom stereocenters. The fraction of sp³-hybridized carbons (Fsp3) is 0.185. The Morgan fingerprint density at radius 1 is 1.11 bits per heavy atom. The third-order valence-corrected chi connectivity index (χ3v) is 8.31. The van der Waals surface area contributed by atoms with Crippen molar-refractivity contribution < 1.29 is 17.5 Å². The number of methoxy groups -OCH3 is 1. The molecule has 3 aromatic heterocycles. The topological polar surface area (TPSA) is 102 Å². The summed E-state index contributed by atoms with van der Waals surface area (Å²) in [5, 5.41) is 5.01.